The van der Waals surface area contributed by atoms with Gasteiger partial charge in [0.2, 0.25) is 5.78 Å². The number of hydrogen-bond donors (Lipinski definition) is 2. The van der Waals surface area contributed by atoms with Crippen LogP contribution in [0.1, 0.15) is 47.2 Å². The summed E-state index contributed by atoms with van der Waals surface area (Å²) in [6.45, 7) is 2.67. The highest BCUT2D eigenvalue weighted by atomic mass is 16.6. The number of aromatic hydroxyl groups is 1. The Balaban J connectivity index is 1.64. The van der Waals surface area contributed by atoms with Crippen molar-refractivity contribution in [3.8, 4) is 11.5 Å². The van der Waals surface area contributed by atoms with Crippen LogP contribution in [-0.2, 0) is 6.54 Å². The van der Waals surface area contributed by atoms with Crippen LogP contribution in [0.25, 0.3) is 6.08 Å². The average Bonchev–Trinajstić information content (AvgIpc) is 2.87. The third-order valence-electron chi connectivity index (χ3n) is 5.53. The first-order valence-electron chi connectivity index (χ1n) is 9.90. The van der Waals surface area contributed by atoms with Crippen molar-refractivity contribution in [3.63, 3.8) is 0 Å². The van der Waals surface area contributed by atoms with Crippen molar-refractivity contribution in [1.29, 1.82) is 0 Å². The molecule has 0 radical (unpaired) electrons. The van der Waals surface area contributed by atoms with Crippen LogP contribution in [-0.4, -0.2) is 28.9 Å². The van der Waals surface area contributed by atoms with Crippen LogP contribution in [0.15, 0.2) is 42.2 Å². The number of benzene rings is 2. The summed E-state index contributed by atoms with van der Waals surface area (Å²) in [4.78, 5) is 24.7. The van der Waals surface area contributed by atoms with Gasteiger partial charge >= 0.3 is 0 Å². The zero-order valence-electron chi connectivity index (χ0n) is 16.0. The number of allylic oxidation sites excluding steroid dienone is 1. The lowest BCUT2D eigenvalue weighted by Gasteiger charge is -2.18. The summed E-state index contributed by atoms with van der Waals surface area (Å²) >= 11 is 0. The number of carbonyl (C=O) groups is 1. The molecule has 7 nitrogen and oxygen atoms in total. The number of ether oxygens (including phenoxy) is 1. The Bertz CT molecular complexity index is 991. The molecule has 2 heterocycles. The number of nitro benzene ring substituents is 1. The van der Waals surface area contributed by atoms with Crippen LogP contribution >= 0.6 is 0 Å². The lowest BCUT2D eigenvalue weighted by atomic mass is 10.0. The maximum atomic E-state index is 12.8. The fourth-order valence-corrected chi connectivity index (χ4v) is 4.00. The number of non-ortho nitro benzene ring substituents is 1. The number of phenols is 1. The maximum Gasteiger partial charge on any atom is 0.270 e. The second-order valence-electron chi connectivity index (χ2n) is 7.57. The summed E-state index contributed by atoms with van der Waals surface area (Å²) in [6.07, 6.45) is 6.28. The number of phenolic OH excluding ortho intramolecular Hbond substituents is 1. The molecule has 0 bridgehead atoms. The van der Waals surface area contributed by atoms with E-state index < -0.39 is 4.92 Å². The third kappa shape index (κ3) is 4.00. The van der Waals surface area contributed by atoms with Gasteiger partial charge in [0, 0.05) is 12.1 Å². The number of fused-ring (bicyclic) bond motifs is 1. The minimum atomic E-state index is -0.478. The first kappa shape index (κ1) is 19.1. The molecule has 0 atom stereocenters. The van der Waals surface area contributed by atoms with Crippen molar-refractivity contribution >= 4 is 17.5 Å². The molecule has 2 aromatic rings. The molecule has 7 heteroatoms. The Morgan fingerprint density at radius 2 is 1.90 bits per heavy atom. The summed E-state index contributed by atoms with van der Waals surface area (Å²) in [5.41, 5.74) is 1.53. The number of nitrogens with zero attached hydrogens (tertiary/aromatic N) is 1. The number of Topliss-reactive ketones (excluding diaryl/α,β-unsaturated/α-hetero) is 1. The molecule has 2 aromatic carbocycles. The number of hydrogen-bond acceptors (Lipinski definition) is 5. The second-order valence-corrected chi connectivity index (χ2v) is 7.57. The first-order valence-corrected chi connectivity index (χ1v) is 9.90. The molecule has 1 fully saturated rings. The van der Waals surface area contributed by atoms with E-state index in [0.29, 0.717) is 29.0 Å². The van der Waals surface area contributed by atoms with E-state index in [9.17, 15) is 20.0 Å². The van der Waals surface area contributed by atoms with E-state index in [1.165, 1.54) is 36.0 Å². The Hall–Kier alpha value is -3.19. The number of nitro groups is 1. The predicted octanol–water partition coefficient (Wildman–Crippen LogP) is 2.88. The highest BCUT2D eigenvalue weighted by Crippen LogP contribution is 2.39. The molecule has 0 saturated carbocycles. The van der Waals surface area contributed by atoms with Crippen LogP contribution in [0, 0.1) is 10.1 Å². The minimum Gasteiger partial charge on any atom is -0.507 e. The summed E-state index contributed by atoms with van der Waals surface area (Å²) in [7, 11) is 0. The van der Waals surface area contributed by atoms with Gasteiger partial charge in [0.05, 0.1) is 29.1 Å². The quantitative estimate of drug-likeness (QED) is 0.472. The van der Waals surface area contributed by atoms with Gasteiger partial charge in [-0.3, -0.25) is 14.9 Å². The molecule has 0 aromatic heterocycles. The molecule has 0 unspecified atom stereocenters. The molecule has 4 rings (SSSR count). The van der Waals surface area contributed by atoms with Crippen molar-refractivity contribution in [2.24, 2.45) is 0 Å². The van der Waals surface area contributed by atoms with E-state index in [2.05, 4.69) is 0 Å². The zero-order valence-corrected chi connectivity index (χ0v) is 16.0. The van der Waals surface area contributed by atoms with E-state index in [4.69, 9.17) is 4.74 Å². The van der Waals surface area contributed by atoms with Gasteiger partial charge in [-0.25, -0.2) is 0 Å². The minimum absolute atomic E-state index is 0.0505. The SMILES string of the molecule is O=C1/C(=C\c2cccc([N+](=O)[O-])c2)Oc2c1ccc(O)c2C[NH+]1CCCCCC1. The third-order valence-corrected chi connectivity index (χ3v) is 5.53. The van der Waals surface area contributed by atoms with E-state index in [1.54, 1.807) is 24.3 Å². The van der Waals surface area contributed by atoms with Crippen LogP contribution in [0.3, 0.4) is 0 Å². The van der Waals surface area contributed by atoms with Crippen molar-refractivity contribution in [1.82, 2.24) is 0 Å². The normalized spacial score (nSPS) is 18.3. The number of ketones is 1. The van der Waals surface area contributed by atoms with Crippen LogP contribution < -0.4 is 9.64 Å². The van der Waals surface area contributed by atoms with Gasteiger partial charge in [0.25, 0.3) is 5.69 Å². The van der Waals surface area contributed by atoms with Crippen LogP contribution in [0.5, 0.6) is 11.5 Å². The highest BCUT2D eigenvalue weighted by Gasteiger charge is 2.32. The monoisotopic (exact) mass is 395 g/mol. The van der Waals surface area contributed by atoms with Crippen molar-refractivity contribution < 1.29 is 24.5 Å². The second kappa shape index (κ2) is 8.05. The van der Waals surface area contributed by atoms with E-state index in [0.717, 1.165) is 25.9 Å². The molecular weight excluding hydrogens is 372 g/mol. The fraction of sp³-hybridized carbons (Fsp3) is 0.318. The number of carbonyl (C=O) groups excluding carboxylic acids is 1. The van der Waals surface area contributed by atoms with E-state index >= 15 is 0 Å². The predicted molar refractivity (Wildman–Crippen MR) is 107 cm³/mol. The van der Waals surface area contributed by atoms with Gasteiger partial charge in [-0.15, -0.1) is 0 Å². The molecule has 0 amide bonds. The number of likely N-dealkylation sites (tertiary alicyclic amines) is 1. The van der Waals surface area contributed by atoms with Crippen LogP contribution in [0.4, 0.5) is 5.69 Å². The standard InChI is InChI=1S/C22H22N2O5/c25-19-9-8-17-21(26)20(13-15-6-5-7-16(12-15)24(27)28)29-22(17)18(19)14-23-10-3-1-2-4-11-23/h5-9,12-13,25H,1-4,10-11,14H2/p+1/b20-13+. The van der Waals surface area contributed by atoms with Crippen molar-refractivity contribution in [2.75, 3.05) is 13.1 Å². The van der Waals surface area contributed by atoms with Crippen molar-refractivity contribution in [3.05, 3.63) is 69.0 Å². The molecule has 2 aliphatic heterocycles. The highest BCUT2D eigenvalue weighted by molar-refractivity contribution is 6.15. The maximum absolute atomic E-state index is 12.8. The summed E-state index contributed by atoms with van der Waals surface area (Å²) in [6, 6.07) is 9.16. The van der Waals surface area contributed by atoms with Gasteiger partial charge in [0.15, 0.2) is 11.5 Å². The Labute approximate surface area is 168 Å². The van der Waals surface area contributed by atoms with Gasteiger partial charge in [0.1, 0.15) is 12.3 Å². The lowest BCUT2D eigenvalue weighted by molar-refractivity contribution is -0.913. The van der Waals surface area contributed by atoms with Crippen LogP contribution in [0.2, 0.25) is 0 Å². The number of rotatable bonds is 4. The Morgan fingerprint density at radius 1 is 1.14 bits per heavy atom. The van der Waals surface area contributed by atoms with Gasteiger partial charge in [-0.1, -0.05) is 12.1 Å². The summed E-state index contributed by atoms with van der Waals surface area (Å²) in [5, 5.41) is 21.4. The fourth-order valence-electron chi connectivity index (χ4n) is 4.00. The molecule has 0 aliphatic carbocycles. The molecule has 0 spiro atoms. The largest absolute Gasteiger partial charge is 0.507 e. The summed E-state index contributed by atoms with van der Waals surface area (Å²) in [5.74, 6) is 0.366. The molecule has 1 saturated heterocycles. The van der Waals surface area contributed by atoms with E-state index in [-0.39, 0.29) is 23.0 Å². The van der Waals surface area contributed by atoms with E-state index in [1.807, 2.05) is 0 Å². The van der Waals surface area contributed by atoms with Crippen molar-refractivity contribution in [2.45, 2.75) is 32.2 Å². The molecule has 29 heavy (non-hydrogen) atoms. The topological polar surface area (TPSA) is 94.1 Å². The smallest absolute Gasteiger partial charge is 0.270 e. The van der Waals surface area contributed by atoms with Gasteiger partial charge in [-0.05, 0) is 49.5 Å². The van der Waals surface area contributed by atoms with Gasteiger partial charge < -0.3 is 14.7 Å². The number of quaternary nitrogens is 1. The van der Waals surface area contributed by atoms with Gasteiger partial charge in [-0.2, -0.15) is 0 Å². The molecule has 150 valence electrons. The zero-order chi connectivity index (χ0) is 20.4. The first-order chi connectivity index (χ1) is 14.0. The average molecular weight is 395 g/mol. The molecular formula is C22H23N2O5+. The molecule has 2 N–H and O–H groups in total. The number of nitrogens with one attached hydrogen (secondary N) is 1. The lowest BCUT2D eigenvalue weighted by Crippen LogP contribution is -3.10. The Morgan fingerprint density at radius 3 is 2.62 bits per heavy atom. The summed E-state index contributed by atoms with van der Waals surface area (Å²) < 4.78 is 5.88. The Kier molecular flexibility index (Phi) is 5.31. The molecule has 2 aliphatic rings.